The van der Waals surface area contributed by atoms with E-state index in [0.717, 1.165) is 16.9 Å². The average Bonchev–Trinajstić information content (AvgIpc) is 2.60. The van der Waals surface area contributed by atoms with E-state index in [1.54, 1.807) is 24.3 Å². The van der Waals surface area contributed by atoms with Crippen molar-refractivity contribution in [3.05, 3.63) is 65.7 Å². The van der Waals surface area contributed by atoms with E-state index < -0.39 is 13.0 Å². The van der Waals surface area contributed by atoms with Crippen molar-refractivity contribution in [2.24, 2.45) is 15.9 Å². The standard InChI is InChI=1S/C17H17F2N3OS/c18-16(19)11-23-15-8-6-13(7-9-15)10-21-22-17(20)24-12-14-4-2-1-3-5-14/h1-10,16H,11-12H2,(H2,20,22). The van der Waals surface area contributed by atoms with Gasteiger partial charge < -0.3 is 10.5 Å². The molecule has 2 rings (SSSR count). The number of ether oxygens (including phenoxy) is 1. The second-order valence-corrected chi connectivity index (χ2v) is 5.72. The topological polar surface area (TPSA) is 60.0 Å². The molecule has 0 bridgehead atoms. The molecule has 0 saturated heterocycles. The molecule has 2 aromatic carbocycles. The molecule has 0 radical (unpaired) electrons. The zero-order valence-corrected chi connectivity index (χ0v) is 13.6. The van der Waals surface area contributed by atoms with Gasteiger partial charge in [0.25, 0.3) is 6.43 Å². The van der Waals surface area contributed by atoms with Gasteiger partial charge in [-0.3, -0.25) is 0 Å². The lowest BCUT2D eigenvalue weighted by Crippen LogP contribution is -2.06. The molecule has 4 nitrogen and oxygen atoms in total. The third-order valence-electron chi connectivity index (χ3n) is 2.85. The van der Waals surface area contributed by atoms with Crippen LogP contribution in [-0.4, -0.2) is 24.4 Å². The number of hydrogen-bond donors (Lipinski definition) is 1. The van der Waals surface area contributed by atoms with Gasteiger partial charge in [-0.05, 0) is 35.4 Å². The summed E-state index contributed by atoms with van der Waals surface area (Å²) in [5.41, 5.74) is 7.71. The highest BCUT2D eigenvalue weighted by Crippen LogP contribution is 2.13. The van der Waals surface area contributed by atoms with Crippen LogP contribution in [0, 0.1) is 0 Å². The number of rotatable bonds is 7. The SMILES string of the molecule is NC(=NN=Cc1ccc(OCC(F)F)cc1)SCc1ccccc1. The molecular formula is C17H17F2N3OS. The molecule has 0 spiro atoms. The summed E-state index contributed by atoms with van der Waals surface area (Å²) in [4.78, 5) is 0. The van der Waals surface area contributed by atoms with Gasteiger partial charge in [0.15, 0.2) is 5.17 Å². The van der Waals surface area contributed by atoms with Crippen LogP contribution in [0.5, 0.6) is 5.75 Å². The van der Waals surface area contributed by atoms with E-state index >= 15 is 0 Å². The van der Waals surface area contributed by atoms with Gasteiger partial charge in [0.05, 0.1) is 6.21 Å². The first kappa shape index (κ1) is 17.9. The molecule has 0 unspecified atom stereocenters. The van der Waals surface area contributed by atoms with Crippen molar-refractivity contribution < 1.29 is 13.5 Å². The summed E-state index contributed by atoms with van der Waals surface area (Å²) in [6.45, 7) is -0.618. The van der Waals surface area contributed by atoms with Gasteiger partial charge in [-0.1, -0.05) is 42.1 Å². The minimum atomic E-state index is -2.49. The van der Waals surface area contributed by atoms with Gasteiger partial charge in [-0.25, -0.2) is 8.78 Å². The highest BCUT2D eigenvalue weighted by molar-refractivity contribution is 8.13. The van der Waals surface area contributed by atoms with E-state index in [4.69, 9.17) is 10.5 Å². The van der Waals surface area contributed by atoms with E-state index in [9.17, 15) is 8.78 Å². The van der Waals surface area contributed by atoms with Crippen molar-refractivity contribution in [2.45, 2.75) is 12.2 Å². The maximum absolute atomic E-state index is 12.0. The Balaban J connectivity index is 1.81. The van der Waals surface area contributed by atoms with Gasteiger partial charge in [0, 0.05) is 5.75 Å². The highest BCUT2D eigenvalue weighted by atomic mass is 32.2. The first-order valence-corrected chi connectivity index (χ1v) is 8.16. The average molecular weight is 349 g/mol. The van der Waals surface area contributed by atoms with Crippen LogP contribution in [0.15, 0.2) is 64.8 Å². The lowest BCUT2D eigenvalue weighted by atomic mass is 10.2. The fourth-order valence-corrected chi connectivity index (χ4v) is 2.33. The Morgan fingerprint density at radius 3 is 2.50 bits per heavy atom. The monoisotopic (exact) mass is 349 g/mol. The summed E-state index contributed by atoms with van der Waals surface area (Å²) in [6, 6.07) is 16.5. The number of halogens is 2. The van der Waals surface area contributed by atoms with E-state index in [2.05, 4.69) is 10.2 Å². The van der Waals surface area contributed by atoms with E-state index in [-0.39, 0.29) is 0 Å². The van der Waals surface area contributed by atoms with E-state index in [0.29, 0.717) is 10.9 Å². The molecular weight excluding hydrogens is 332 g/mol. The predicted molar refractivity (Wildman–Crippen MR) is 94.9 cm³/mol. The Kier molecular flexibility index (Phi) is 7.22. The molecule has 0 aliphatic rings. The van der Waals surface area contributed by atoms with Crippen LogP contribution >= 0.6 is 11.8 Å². The van der Waals surface area contributed by atoms with Crippen molar-refractivity contribution >= 4 is 23.1 Å². The summed E-state index contributed by atoms with van der Waals surface area (Å²) in [5, 5.41) is 8.19. The van der Waals surface area contributed by atoms with Crippen LogP contribution in [0.1, 0.15) is 11.1 Å². The van der Waals surface area contributed by atoms with Crippen LogP contribution in [0.4, 0.5) is 8.78 Å². The summed E-state index contributed by atoms with van der Waals surface area (Å²) >= 11 is 1.40. The maximum atomic E-state index is 12.0. The van der Waals surface area contributed by atoms with Crippen molar-refractivity contribution in [1.29, 1.82) is 0 Å². The molecule has 0 saturated carbocycles. The zero-order valence-electron chi connectivity index (χ0n) is 12.8. The molecule has 0 heterocycles. The fourth-order valence-electron chi connectivity index (χ4n) is 1.72. The van der Waals surface area contributed by atoms with Gasteiger partial charge in [-0.15, -0.1) is 5.10 Å². The number of amidine groups is 1. The van der Waals surface area contributed by atoms with Crippen molar-refractivity contribution in [1.82, 2.24) is 0 Å². The lowest BCUT2D eigenvalue weighted by Gasteiger charge is -2.04. The second-order valence-electron chi connectivity index (χ2n) is 4.73. The molecule has 0 fully saturated rings. The molecule has 0 aromatic heterocycles. The molecule has 0 aliphatic carbocycles. The van der Waals surface area contributed by atoms with Crippen LogP contribution in [0.25, 0.3) is 0 Å². The van der Waals surface area contributed by atoms with Crippen molar-refractivity contribution in [3.63, 3.8) is 0 Å². The smallest absolute Gasteiger partial charge is 0.272 e. The number of benzene rings is 2. The number of alkyl halides is 2. The first-order chi connectivity index (χ1) is 11.6. The van der Waals surface area contributed by atoms with Crippen LogP contribution in [0.3, 0.4) is 0 Å². The quantitative estimate of drug-likeness (QED) is 0.468. The van der Waals surface area contributed by atoms with Crippen molar-refractivity contribution in [2.75, 3.05) is 6.61 Å². The number of hydrogen-bond acceptors (Lipinski definition) is 4. The molecule has 24 heavy (non-hydrogen) atoms. The zero-order chi connectivity index (χ0) is 17.2. The van der Waals surface area contributed by atoms with E-state index in [1.165, 1.54) is 18.0 Å². The number of nitrogens with two attached hydrogens (primary N) is 1. The van der Waals surface area contributed by atoms with Crippen molar-refractivity contribution in [3.8, 4) is 5.75 Å². The van der Waals surface area contributed by atoms with Gasteiger partial charge in [0.1, 0.15) is 12.4 Å². The molecule has 2 aromatic rings. The summed E-state index contributed by atoms with van der Waals surface area (Å²) in [5.74, 6) is 1.11. The molecule has 126 valence electrons. The van der Waals surface area contributed by atoms with E-state index in [1.807, 2.05) is 30.3 Å². The largest absolute Gasteiger partial charge is 0.488 e. The van der Waals surface area contributed by atoms with Gasteiger partial charge in [0.2, 0.25) is 0 Å². The van der Waals surface area contributed by atoms with Gasteiger partial charge >= 0.3 is 0 Å². The molecule has 0 atom stereocenters. The minimum Gasteiger partial charge on any atom is -0.488 e. The Morgan fingerprint density at radius 1 is 1.12 bits per heavy atom. The Hall–Kier alpha value is -2.41. The first-order valence-electron chi connectivity index (χ1n) is 7.18. The Labute approximate surface area is 143 Å². The number of thioether (sulfide) groups is 1. The highest BCUT2D eigenvalue weighted by Gasteiger charge is 2.02. The van der Waals surface area contributed by atoms with Crippen LogP contribution in [0.2, 0.25) is 0 Å². The minimum absolute atomic E-state index is 0.368. The summed E-state index contributed by atoms with van der Waals surface area (Å²) in [7, 11) is 0. The normalized spacial score (nSPS) is 12.0. The molecule has 7 heteroatoms. The maximum Gasteiger partial charge on any atom is 0.272 e. The lowest BCUT2D eigenvalue weighted by molar-refractivity contribution is 0.0819. The Morgan fingerprint density at radius 2 is 1.83 bits per heavy atom. The summed E-state index contributed by atoms with van der Waals surface area (Å²) in [6.07, 6.45) is -0.954. The third-order valence-corrected chi connectivity index (χ3v) is 3.70. The molecule has 2 N–H and O–H groups in total. The predicted octanol–water partition coefficient (Wildman–Crippen LogP) is 3.91. The van der Waals surface area contributed by atoms with Crippen LogP contribution < -0.4 is 10.5 Å². The van der Waals surface area contributed by atoms with Crippen LogP contribution in [-0.2, 0) is 5.75 Å². The second kappa shape index (κ2) is 9.67. The summed E-state index contributed by atoms with van der Waals surface area (Å²) < 4.78 is 29.0. The Bertz CT molecular complexity index is 676. The number of nitrogens with zero attached hydrogens (tertiary/aromatic N) is 2. The molecule has 0 amide bonds. The van der Waals surface area contributed by atoms with Gasteiger partial charge in [-0.2, -0.15) is 5.10 Å². The molecule has 0 aliphatic heterocycles. The fraction of sp³-hybridized carbons (Fsp3) is 0.176. The third kappa shape index (κ3) is 6.78.